The van der Waals surface area contributed by atoms with Crippen molar-refractivity contribution in [2.45, 2.75) is 19.4 Å². The van der Waals surface area contributed by atoms with E-state index in [1.54, 1.807) is 13.3 Å². The molecule has 3 nitrogen and oxygen atoms in total. The summed E-state index contributed by atoms with van der Waals surface area (Å²) in [5, 5.41) is 11.0. The Hall–Kier alpha value is -1.61. The molecule has 0 saturated heterocycles. The summed E-state index contributed by atoms with van der Waals surface area (Å²) in [6, 6.07) is 7.69. The van der Waals surface area contributed by atoms with Gasteiger partial charge in [0, 0.05) is 17.1 Å². The molecule has 2 rings (SSSR count). The number of hydrogen-bond donors (Lipinski definition) is 1. The van der Waals surface area contributed by atoms with Crippen LogP contribution in [0.5, 0.6) is 5.75 Å². The van der Waals surface area contributed by atoms with E-state index in [4.69, 9.17) is 4.74 Å². The third-order valence-corrected chi connectivity index (χ3v) is 2.71. The summed E-state index contributed by atoms with van der Waals surface area (Å²) in [5.74, 6) is 0.695. The zero-order chi connectivity index (χ0) is 11.5. The van der Waals surface area contributed by atoms with E-state index in [9.17, 15) is 5.11 Å². The Labute approximate surface area is 94.7 Å². The van der Waals surface area contributed by atoms with Crippen LogP contribution in [-0.4, -0.2) is 17.2 Å². The van der Waals surface area contributed by atoms with Gasteiger partial charge in [0.05, 0.1) is 18.7 Å². The van der Waals surface area contributed by atoms with Crippen molar-refractivity contribution >= 4 is 10.9 Å². The molecule has 16 heavy (non-hydrogen) atoms. The maximum absolute atomic E-state index is 10.0. The lowest BCUT2D eigenvalue weighted by Crippen LogP contribution is -2.01. The molecule has 0 saturated carbocycles. The average molecular weight is 217 g/mol. The number of benzene rings is 1. The molecular weight excluding hydrogens is 202 g/mol. The molecule has 1 aromatic carbocycles. The van der Waals surface area contributed by atoms with Crippen molar-refractivity contribution in [1.82, 2.24) is 4.98 Å². The van der Waals surface area contributed by atoms with Crippen molar-refractivity contribution in [3.8, 4) is 5.75 Å². The third kappa shape index (κ3) is 1.74. The van der Waals surface area contributed by atoms with Gasteiger partial charge >= 0.3 is 0 Å². The Bertz CT molecular complexity index is 496. The largest absolute Gasteiger partial charge is 0.496 e. The molecule has 84 valence electrons. The van der Waals surface area contributed by atoms with Gasteiger partial charge < -0.3 is 9.84 Å². The van der Waals surface area contributed by atoms with Gasteiger partial charge in [-0.2, -0.15) is 0 Å². The molecule has 0 amide bonds. The molecule has 0 spiro atoms. The van der Waals surface area contributed by atoms with E-state index in [0.29, 0.717) is 12.2 Å². The SMILES string of the molecule is CC[C@H](O)c1c(OC)ccc2cccnc12. The summed E-state index contributed by atoms with van der Waals surface area (Å²) < 4.78 is 5.28. The fourth-order valence-electron chi connectivity index (χ4n) is 1.85. The molecule has 0 unspecified atom stereocenters. The maximum Gasteiger partial charge on any atom is 0.126 e. The number of aliphatic hydroxyl groups excluding tert-OH is 1. The highest BCUT2D eigenvalue weighted by Gasteiger charge is 2.15. The van der Waals surface area contributed by atoms with Gasteiger partial charge in [-0.05, 0) is 24.6 Å². The molecule has 1 heterocycles. The van der Waals surface area contributed by atoms with Crippen LogP contribution in [0.2, 0.25) is 0 Å². The Kier molecular flexibility index (Phi) is 3.06. The number of hydrogen-bond acceptors (Lipinski definition) is 3. The number of aromatic nitrogens is 1. The number of rotatable bonds is 3. The highest BCUT2D eigenvalue weighted by atomic mass is 16.5. The van der Waals surface area contributed by atoms with E-state index < -0.39 is 6.10 Å². The molecule has 1 N–H and O–H groups in total. The van der Waals surface area contributed by atoms with Crippen molar-refractivity contribution in [2.24, 2.45) is 0 Å². The zero-order valence-corrected chi connectivity index (χ0v) is 9.47. The molecule has 2 aromatic rings. The van der Waals surface area contributed by atoms with Crippen LogP contribution in [0.25, 0.3) is 10.9 Å². The fraction of sp³-hybridized carbons (Fsp3) is 0.308. The Morgan fingerprint density at radius 1 is 1.38 bits per heavy atom. The van der Waals surface area contributed by atoms with E-state index >= 15 is 0 Å². The van der Waals surface area contributed by atoms with Crippen molar-refractivity contribution in [3.05, 3.63) is 36.0 Å². The Morgan fingerprint density at radius 2 is 2.19 bits per heavy atom. The summed E-state index contributed by atoms with van der Waals surface area (Å²) >= 11 is 0. The molecular formula is C13H15NO2. The monoisotopic (exact) mass is 217 g/mol. The Morgan fingerprint density at radius 3 is 2.88 bits per heavy atom. The van der Waals surface area contributed by atoms with Gasteiger partial charge in [-0.3, -0.25) is 4.98 Å². The van der Waals surface area contributed by atoms with Crippen LogP contribution in [0.1, 0.15) is 25.0 Å². The van der Waals surface area contributed by atoms with E-state index in [0.717, 1.165) is 16.5 Å². The van der Waals surface area contributed by atoms with E-state index in [-0.39, 0.29) is 0 Å². The number of methoxy groups -OCH3 is 1. The molecule has 1 aromatic heterocycles. The minimum Gasteiger partial charge on any atom is -0.496 e. The first-order valence-corrected chi connectivity index (χ1v) is 5.37. The summed E-state index contributed by atoms with van der Waals surface area (Å²) in [6.45, 7) is 1.94. The van der Waals surface area contributed by atoms with Crippen LogP contribution in [0, 0.1) is 0 Å². The van der Waals surface area contributed by atoms with Crippen molar-refractivity contribution in [1.29, 1.82) is 0 Å². The van der Waals surface area contributed by atoms with Gasteiger partial charge in [-0.25, -0.2) is 0 Å². The second kappa shape index (κ2) is 4.49. The lowest BCUT2D eigenvalue weighted by molar-refractivity contribution is 0.171. The first-order valence-electron chi connectivity index (χ1n) is 5.37. The second-order valence-electron chi connectivity index (χ2n) is 3.68. The predicted molar refractivity (Wildman–Crippen MR) is 63.5 cm³/mol. The van der Waals surface area contributed by atoms with E-state index in [2.05, 4.69) is 4.98 Å². The summed E-state index contributed by atoms with van der Waals surface area (Å²) in [5.41, 5.74) is 1.60. The molecule has 0 radical (unpaired) electrons. The van der Waals surface area contributed by atoms with Crippen molar-refractivity contribution in [3.63, 3.8) is 0 Å². The van der Waals surface area contributed by atoms with Crippen LogP contribution in [0.15, 0.2) is 30.5 Å². The highest BCUT2D eigenvalue weighted by molar-refractivity contribution is 5.84. The summed E-state index contributed by atoms with van der Waals surface area (Å²) in [6.07, 6.45) is 1.84. The number of nitrogens with zero attached hydrogens (tertiary/aromatic N) is 1. The van der Waals surface area contributed by atoms with Gasteiger partial charge in [0.1, 0.15) is 5.75 Å². The quantitative estimate of drug-likeness (QED) is 0.859. The number of pyridine rings is 1. The van der Waals surface area contributed by atoms with E-state index in [1.807, 2.05) is 31.2 Å². The van der Waals surface area contributed by atoms with Crippen molar-refractivity contribution < 1.29 is 9.84 Å². The minimum absolute atomic E-state index is 0.534. The maximum atomic E-state index is 10.0. The molecule has 0 aliphatic heterocycles. The number of aliphatic hydroxyl groups is 1. The Balaban J connectivity index is 2.72. The van der Waals surface area contributed by atoms with Gasteiger partial charge in [-0.1, -0.05) is 13.0 Å². The molecule has 1 atom stereocenters. The molecule has 0 aliphatic carbocycles. The summed E-state index contributed by atoms with van der Waals surface area (Å²) in [4.78, 5) is 4.32. The molecule has 0 bridgehead atoms. The first-order chi connectivity index (χ1) is 7.77. The number of ether oxygens (including phenoxy) is 1. The lowest BCUT2D eigenvalue weighted by atomic mass is 10.0. The van der Waals surface area contributed by atoms with Gasteiger partial charge in [0.15, 0.2) is 0 Å². The normalized spacial score (nSPS) is 12.7. The topological polar surface area (TPSA) is 42.4 Å². The molecule has 0 fully saturated rings. The smallest absolute Gasteiger partial charge is 0.126 e. The van der Waals surface area contributed by atoms with Crippen LogP contribution < -0.4 is 4.74 Å². The number of fused-ring (bicyclic) bond motifs is 1. The van der Waals surface area contributed by atoms with Crippen molar-refractivity contribution in [2.75, 3.05) is 7.11 Å². The minimum atomic E-state index is -0.534. The van der Waals surface area contributed by atoms with Gasteiger partial charge in [-0.15, -0.1) is 0 Å². The van der Waals surface area contributed by atoms with Crippen LogP contribution in [0.4, 0.5) is 0 Å². The zero-order valence-electron chi connectivity index (χ0n) is 9.47. The van der Waals surface area contributed by atoms with Crippen LogP contribution in [0.3, 0.4) is 0 Å². The van der Waals surface area contributed by atoms with Crippen LogP contribution >= 0.6 is 0 Å². The average Bonchev–Trinajstić information content (AvgIpc) is 2.36. The predicted octanol–water partition coefficient (Wildman–Crippen LogP) is 2.69. The fourth-order valence-corrected chi connectivity index (χ4v) is 1.85. The third-order valence-electron chi connectivity index (χ3n) is 2.71. The standard InChI is InChI=1S/C13H15NO2/c1-3-10(15)12-11(16-2)7-6-9-5-4-8-14-13(9)12/h4-8,10,15H,3H2,1-2H3/t10-/m0/s1. The van der Waals surface area contributed by atoms with E-state index in [1.165, 1.54) is 0 Å². The first kappa shape index (κ1) is 10.9. The summed E-state index contributed by atoms with van der Waals surface area (Å²) in [7, 11) is 1.61. The lowest BCUT2D eigenvalue weighted by Gasteiger charge is -2.15. The second-order valence-corrected chi connectivity index (χ2v) is 3.68. The molecule has 0 aliphatic rings. The van der Waals surface area contributed by atoms with Gasteiger partial charge in [0.25, 0.3) is 0 Å². The highest BCUT2D eigenvalue weighted by Crippen LogP contribution is 2.32. The molecule has 3 heteroatoms. The van der Waals surface area contributed by atoms with Gasteiger partial charge in [0.2, 0.25) is 0 Å². The van der Waals surface area contributed by atoms with Crippen LogP contribution in [-0.2, 0) is 0 Å².